The average Bonchev–Trinajstić information content (AvgIpc) is 3.34. The van der Waals surface area contributed by atoms with Gasteiger partial charge >= 0.3 is 6.18 Å². The number of aromatic nitrogens is 5. The number of halogens is 3. The Labute approximate surface area is 193 Å². The molecule has 1 saturated heterocycles. The summed E-state index contributed by atoms with van der Waals surface area (Å²) >= 11 is 0. The first kappa shape index (κ1) is 22.4. The Kier molecular flexibility index (Phi) is 5.54. The van der Waals surface area contributed by atoms with Crippen molar-refractivity contribution in [1.82, 2.24) is 34.5 Å². The third-order valence-corrected chi connectivity index (χ3v) is 5.85. The second-order valence-corrected chi connectivity index (χ2v) is 8.74. The van der Waals surface area contributed by atoms with E-state index in [0.717, 1.165) is 11.0 Å². The van der Waals surface area contributed by atoms with Gasteiger partial charge in [0.1, 0.15) is 36.7 Å². The van der Waals surface area contributed by atoms with Gasteiger partial charge in [-0.25, -0.2) is 14.6 Å². The zero-order valence-corrected chi connectivity index (χ0v) is 18.7. The Balaban J connectivity index is 1.50. The molecule has 0 saturated carbocycles. The van der Waals surface area contributed by atoms with Crippen LogP contribution in [0, 0.1) is 0 Å². The molecular formula is C22H24F3N7O2. The molecule has 180 valence electrons. The van der Waals surface area contributed by atoms with Crippen LogP contribution in [0.3, 0.4) is 0 Å². The van der Waals surface area contributed by atoms with Crippen LogP contribution in [0.1, 0.15) is 24.2 Å². The summed E-state index contributed by atoms with van der Waals surface area (Å²) in [6, 6.07) is 5.59. The van der Waals surface area contributed by atoms with Gasteiger partial charge in [-0.3, -0.25) is 4.79 Å². The van der Waals surface area contributed by atoms with Gasteiger partial charge in [0.15, 0.2) is 5.82 Å². The summed E-state index contributed by atoms with van der Waals surface area (Å²) in [5, 5.41) is 7.12. The Bertz CT molecular complexity index is 1210. The maximum absolute atomic E-state index is 13.2. The average molecular weight is 475 g/mol. The van der Waals surface area contributed by atoms with Crippen molar-refractivity contribution in [3.05, 3.63) is 36.3 Å². The van der Waals surface area contributed by atoms with Crippen molar-refractivity contribution >= 4 is 5.91 Å². The molecule has 2 atom stereocenters. The number of piperazine rings is 1. The lowest BCUT2D eigenvalue weighted by molar-refractivity contribution is -0.142. The van der Waals surface area contributed by atoms with Crippen LogP contribution in [0.2, 0.25) is 0 Å². The van der Waals surface area contributed by atoms with Crippen molar-refractivity contribution in [3.63, 3.8) is 0 Å². The SMILES string of the molecule is C[C@@H]1CN(C(=O)c2ccc3c(c2)-c2nc(-c4ncnn4CC(F)(F)F)cn2CCO3)C[C@H](C)N1. The van der Waals surface area contributed by atoms with E-state index < -0.39 is 12.7 Å². The lowest BCUT2D eigenvalue weighted by Crippen LogP contribution is -2.55. The summed E-state index contributed by atoms with van der Waals surface area (Å²) < 4.78 is 47.3. The number of nitrogens with zero attached hydrogens (tertiary/aromatic N) is 6. The number of nitrogens with one attached hydrogen (secondary N) is 1. The molecule has 1 fully saturated rings. The molecule has 5 rings (SSSR count). The predicted octanol–water partition coefficient (Wildman–Crippen LogP) is 2.59. The highest BCUT2D eigenvalue weighted by Crippen LogP contribution is 2.35. The van der Waals surface area contributed by atoms with E-state index in [1.54, 1.807) is 29.0 Å². The molecule has 0 unspecified atom stereocenters. The van der Waals surface area contributed by atoms with Gasteiger partial charge in [-0.1, -0.05) is 0 Å². The van der Waals surface area contributed by atoms with Crippen molar-refractivity contribution in [2.75, 3.05) is 19.7 Å². The van der Waals surface area contributed by atoms with E-state index >= 15 is 0 Å². The number of carbonyl (C=O) groups excluding carboxylic acids is 1. The molecule has 0 aliphatic carbocycles. The molecule has 0 radical (unpaired) electrons. The van der Waals surface area contributed by atoms with E-state index in [1.807, 2.05) is 18.7 Å². The number of fused-ring (bicyclic) bond motifs is 3. The van der Waals surface area contributed by atoms with Crippen LogP contribution in [0.5, 0.6) is 5.75 Å². The Morgan fingerprint density at radius 1 is 1.21 bits per heavy atom. The topological polar surface area (TPSA) is 90.1 Å². The van der Waals surface area contributed by atoms with Gasteiger partial charge in [0.25, 0.3) is 5.91 Å². The smallest absolute Gasteiger partial charge is 0.408 e. The fraction of sp³-hybridized carbons (Fsp3) is 0.455. The van der Waals surface area contributed by atoms with Gasteiger partial charge < -0.3 is 19.5 Å². The molecule has 34 heavy (non-hydrogen) atoms. The highest BCUT2D eigenvalue weighted by molar-refractivity contribution is 5.96. The zero-order chi connectivity index (χ0) is 24.0. The number of imidazole rings is 1. The highest BCUT2D eigenvalue weighted by Gasteiger charge is 2.31. The van der Waals surface area contributed by atoms with E-state index in [0.29, 0.717) is 48.9 Å². The number of hydrogen-bond donors (Lipinski definition) is 1. The molecule has 9 nitrogen and oxygen atoms in total. The quantitative estimate of drug-likeness (QED) is 0.627. The summed E-state index contributed by atoms with van der Waals surface area (Å²) in [6.45, 7) is 4.82. The molecule has 2 aliphatic rings. The van der Waals surface area contributed by atoms with Crippen molar-refractivity contribution in [1.29, 1.82) is 0 Å². The fourth-order valence-electron chi connectivity index (χ4n) is 4.55. The highest BCUT2D eigenvalue weighted by atomic mass is 19.4. The number of carbonyl (C=O) groups is 1. The van der Waals surface area contributed by atoms with Crippen LogP contribution < -0.4 is 10.1 Å². The molecule has 0 spiro atoms. The molecular weight excluding hydrogens is 451 g/mol. The van der Waals surface area contributed by atoms with Crippen molar-refractivity contribution in [2.24, 2.45) is 0 Å². The summed E-state index contributed by atoms with van der Waals surface area (Å²) in [6.07, 6.45) is -1.72. The van der Waals surface area contributed by atoms with Crippen LogP contribution in [-0.4, -0.2) is 73.1 Å². The normalized spacial score (nSPS) is 20.3. The number of benzene rings is 1. The number of ether oxygens (including phenoxy) is 1. The first-order valence-electron chi connectivity index (χ1n) is 11.0. The third-order valence-electron chi connectivity index (χ3n) is 5.85. The molecule has 4 heterocycles. The molecule has 1 amide bonds. The monoisotopic (exact) mass is 475 g/mol. The van der Waals surface area contributed by atoms with E-state index in [2.05, 4.69) is 20.4 Å². The van der Waals surface area contributed by atoms with Crippen molar-refractivity contribution in [3.8, 4) is 28.7 Å². The van der Waals surface area contributed by atoms with Crippen LogP contribution in [-0.2, 0) is 13.1 Å². The lowest BCUT2D eigenvalue weighted by Gasteiger charge is -2.36. The summed E-state index contributed by atoms with van der Waals surface area (Å²) in [5.74, 6) is 0.999. The molecule has 12 heteroatoms. The first-order valence-corrected chi connectivity index (χ1v) is 11.0. The molecule has 3 aromatic rings. The zero-order valence-electron chi connectivity index (χ0n) is 18.7. The largest absolute Gasteiger partial charge is 0.491 e. The minimum atomic E-state index is -4.44. The minimum Gasteiger partial charge on any atom is -0.491 e. The second kappa shape index (κ2) is 8.42. The van der Waals surface area contributed by atoms with Crippen LogP contribution in [0.4, 0.5) is 13.2 Å². The second-order valence-electron chi connectivity index (χ2n) is 8.74. The fourth-order valence-corrected chi connectivity index (χ4v) is 4.55. The Hall–Kier alpha value is -3.41. The molecule has 0 bridgehead atoms. The Morgan fingerprint density at radius 2 is 1.97 bits per heavy atom. The van der Waals surface area contributed by atoms with Gasteiger partial charge in [0.2, 0.25) is 0 Å². The summed E-state index contributed by atoms with van der Waals surface area (Å²) in [4.78, 5) is 23.6. The molecule has 1 N–H and O–H groups in total. The van der Waals surface area contributed by atoms with Crippen molar-refractivity contribution < 1.29 is 22.7 Å². The number of rotatable bonds is 3. The summed E-state index contributed by atoms with van der Waals surface area (Å²) in [5.41, 5.74) is 1.38. The number of alkyl halides is 3. The maximum Gasteiger partial charge on any atom is 0.408 e. The van der Waals surface area contributed by atoms with Gasteiger partial charge in [-0.2, -0.15) is 18.3 Å². The van der Waals surface area contributed by atoms with Crippen molar-refractivity contribution in [2.45, 2.75) is 45.2 Å². The molecule has 2 aliphatic heterocycles. The predicted molar refractivity (Wildman–Crippen MR) is 116 cm³/mol. The third kappa shape index (κ3) is 4.37. The maximum atomic E-state index is 13.2. The first-order chi connectivity index (χ1) is 16.2. The minimum absolute atomic E-state index is 0.0244. The number of amides is 1. The standard InChI is InChI=1S/C22H24F3N7O2/c1-13-8-31(9-14(2)28-13)21(33)15-3-4-18-16(7-15)19-29-17(10-30(19)5-6-34-18)20-26-12-27-32(20)11-22(23,24)25/h3-4,7,10,12-14,28H,5-6,8-9,11H2,1-2H3/t13-,14+. The van der Waals surface area contributed by atoms with E-state index in [9.17, 15) is 18.0 Å². The van der Waals surface area contributed by atoms with Gasteiger partial charge in [0.05, 0.1) is 12.1 Å². The van der Waals surface area contributed by atoms with E-state index in [4.69, 9.17) is 4.74 Å². The van der Waals surface area contributed by atoms with Gasteiger partial charge in [-0.15, -0.1) is 0 Å². The van der Waals surface area contributed by atoms with Gasteiger partial charge in [0, 0.05) is 36.9 Å². The van der Waals surface area contributed by atoms with Crippen LogP contribution in [0.25, 0.3) is 22.9 Å². The van der Waals surface area contributed by atoms with E-state index in [-0.39, 0.29) is 29.5 Å². The Morgan fingerprint density at radius 3 is 2.71 bits per heavy atom. The van der Waals surface area contributed by atoms with Crippen LogP contribution >= 0.6 is 0 Å². The molecule has 2 aromatic heterocycles. The van der Waals surface area contributed by atoms with Gasteiger partial charge in [-0.05, 0) is 32.0 Å². The molecule has 1 aromatic carbocycles. The summed E-state index contributed by atoms with van der Waals surface area (Å²) in [7, 11) is 0. The van der Waals surface area contributed by atoms with E-state index in [1.165, 1.54) is 0 Å². The van der Waals surface area contributed by atoms with Crippen LogP contribution in [0.15, 0.2) is 30.7 Å². The lowest BCUT2D eigenvalue weighted by atomic mass is 10.1. The number of hydrogen-bond acceptors (Lipinski definition) is 6.